The van der Waals surface area contributed by atoms with Gasteiger partial charge in [-0.2, -0.15) is 0 Å². The van der Waals surface area contributed by atoms with Crippen LogP contribution in [0.2, 0.25) is 0 Å². The Hall–Kier alpha value is -1.31. The van der Waals surface area contributed by atoms with E-state index in [1.54, 1.807) is 0 Å². The minimum atomic E-state index is 0.198. The molecule has 0 saturated heterocycles. The summed E-state index contributed by atoms with van der Waals surface area (Å²) in [6, 6.07) is 8.24. The molecule has 0 radical (unpaired) electrons. The molecule has 2 aliphatic carbocycles. The highest BCUT2D eigenvalue weighted by molar-refractivity contribution is 5.91. The van der Waals surface area contributed by atoms with E-state index >= 15 is 0 Å². The third-order valence-electron chi connectivity index (χ3n) is 5.17. The van der Waals surface area contributed by atoms with E-state index in [1.165, 1.54) is 31.2 Å². The monoisotopic (exact) mass is 271 g/mol. The van der Waals surface area contributed by atoms with E-state index in [-0.39, 0.29) is 5.91 Å². The number of benzene rings is 1. The molecule has 1 amide bonds. The quantitative estimate of drug-likeness (QED) is 0.853. The predicted octanol–water partition coefficient (Wildman–Crippen LogP) is 4.57. The van der Waals surface area contributed by atoms with Crippen molar-refractivity contribution >= 4 is 11.6 Å². The zero-order valence-electron chi connectivity index (χ0n) is 12.6. The summed E-state index contributed by atoms with van der Waals surface area (Å²) in [7, 11) is 0. The summed E-state index contributed by atoms with van der Waals surface area (Å²) in [6.45, 7) is 4.35. The molecule has 2 fully saturated rings. The Morgan fingerprint density at radius 1 is 1.30 bits per heavy atom. The fourth-order valence-corrected chi connectivity index (χ4v) is 4.05. The van der Waals surface area contributed by atoms with Crippen LogP contribution < -0.4 is 5.32 Å². The lowest BCUT2D eigenvalue weighted by Gasteiger charge is -2.21. The number of hydrogen-bond donors (Lipinski definition) is 1. The summed E-state index contributed by atoms with van der Waals surface area (Å²) in [4.78, 5) is 12.2. The highest BCUT2D eigenvalue weighted by Gasteiger charge is 2.40. The third kappa shape index (κ3) is 2.89. The number of carbonyl (C=O) groups excluding carboxylic acids is 1. The summed E-state index contributed by atoms with van der Waals surface area (Å²) in [6.07, 6.45) is 6.13. The number of fused-ring (bicyclic) bond motifs is 2. The van der Waals surface area contributed by atoms with Gasteiger partial charge in [-0.15, -0.1) is 0 Å². The van der Waals surface area contributed by atoms with E-state index in [2.05, 4.69) is 31.3 Å². The maximum Gasteiger partial charge on any atom is 0.224 e. The molecule has 2 nitrogen and oxygen atoms in total. The van der Waals surface area contributed by atoms with Crippen LogP contribution in [0.1, 0.15) is 57.4 Å². The van der Waals surface area contributed by atoms with Crippen LogP contribution in [-0.4, -0.2) is 5.91 Å². The lowest BCUT2D eigenvalue weighted by atomic mass is 9.86. The van der Waals surface area contributed by atoms with Crippen LogP contribution in [0.3, 0.4) is 0 Å². The van der Waals surface area contributed by atoms with E-state index in [9.17, 15) is 4.79 Å². The van der Waals surface area contributed by atoms with Gasteiger partial charge in [0.05, 0.1) is 0 Å². The van der Waals surface area contributed by atoms with E-state index < -0.39 is 0 Å². The Balaban J connectivity index is 1.57. The maximum atomic E-state index is 12.2. The molecule has 2 saturated carbocycles. The molecule has 20 heavy (non-hydrogen) atoms. The Morgan fingerprint density at radius 2 is 2.15 bits per heavy atom. The second-order valence-corrected chi connectivity index (χ2v) is 6.97. The van der Waals surface area contributed by atoms with Crippen LogP contribution in [-0.2, 0) is 4.79 Å². The van der Waals surface area contributed by atoms with Crippen LogP contribution >= 0.6 is 0 Å². The average molecular weight is 271 g/mol. The summed E-state index contributed by atoms with van der Waals surface area (Å²) in [5.41, 5.74) is 2.23. The first kappa shape index (κ1) is 13.7. The number of anilines is 1. The molecular weight excluding hydrogens is 246 g/mol. The summed E-state index contributed by atoms with van der Waals surface area (Å²) in [5.74, 6) is 3.08. The van der Waals surface area contributed by atoms with Gasteiger partial charge in [0.15, 0.2) is 0 Å². The molecule has 108 valence electrons. The Labute approximate surface area is 122 Å². The Kier molecular flexibility index (Phi) is 3.82. The summed E-state index contributed by atoms with van der Waals surface area (Å²) >= 11 is 0. The zero-order chi connectivity index (χ0) is 14.1. The second-order valence-electron chi connectivity index (χ2n) is 6.97. The van der Waals surface area contributed by atoms with Crippen molar-refractivity contribution in [3.63, 3.8) is 0 Å². The minimum absolute atomic E-state index is 0.198. The molecule has 3 atom stereocenters. The molecule has 0 heterocycles. The van der Waals surface area contributed by atoms with Gasteiger partial charge < -0.3 is 5.32 Å². The molecule has 1 aromatic rings. The minimum Gasteiger partial charge on any atom is -0.326 e. The van der Waals surface area contributed by atoms with Gasteiger partial charge in [0, 0.05) is 12.1 Å². The van der Waals surface area contributed by atoms with E-state index in [0.29, 0.717) is 18.3 Å². The molecule has 2 bridgehead atoms. The molecule has 2 aliphatic rings. The van der Waals surface area contributed by atoms with E-state index in [0.717, 1.165) is 17.5 Å². The van der Waals surface area contributed by atoms with Crippen LogP contribution in [0.25, 0.3) is 0 Å². The van der Waals surface area contributed by atoms with Crippen LogP contribution in [0.15, 0.2) is 24.3 Å². The normalized spacial score (nSPS) is 28.1. The number of nitrogens with one attached hydrogen (secondary N) is 1. The van der Waals surface area contributed by atoms with Crippen molar-refractivity contribution in [1.29, 1.82) is 0 Å². The standard InChI is InChI=1S/C18H25NO/c1-12(2)14-4-3-5-17(10-14)19-18(20)11-16-9-13-6-7-15(16)8-13/h3-5,10,12-13,15-16H,6-9,11H2,1-2H3,(H,19,20)/t13-,15+,16+/m0/s1. The number of amides is 1. The SMILES string of the molecule is CC(C)c1cccc(NC(=O)C[C@H]2C[C@H]3CC[C@@H]2C3)c1. The topological polar surface area (TPSA) is 29.1 Å². The van der Waals surface area contributed by atoms with Gasteiger partial charge in [0.25, 0.3) is 0 Å². The highest BCUT2D eigenvalue weighted by Crippen LogP contribution is 2.49. The van der Waals surface area contributed by atoms with Gasteiger partial charge in [-0.3, -0.25) is 4.79 Å². The number of rotatable bonds is 4. The zero-order valence-corrected chi connectivity index (χ0v) is 12.6. The van der Waals surface area contributed by atoms with Crippen LogP contribution in [0.5, 0.6) is 0 Å². The number of hydrogen-bond acceptors (Lipinski definition) is 1. The van der Waals surface area contributed by atoms with Gasteiger partial charge in [0.2, 0.25) is 5.91 Å². The lowest BCUT2D eigenvalue weighted by Crippen LogP contribution is -2.20. The van der Waals surface area contributed by atoms with Crippen molar-refractivity contribution < 1.29 is 4.79 Å². The lowest BCUT2D eigenvalue weighted by molar-refractivity contribution is -0.117. The van der Waals surface area contributed by atoms with Gasteiger partial charge in [-0.1, -0.05) is 32.4 Å². The van der Waals surface area contributed by atoms with Gasteiger partial charge >= 0.3 is 0 Å². The highest BCUT2D eigenvalue weighted by atomic mass is 16.1. The first-order valence-corrected chi connectivity index (χ1v) is 8.01. The van der Waals surface area contributed by atoms with E-state index in [4.69, 9.17) is 0 Å². The molecule has 0 spiro atoms. The van der Waals surface area contributed by atoms with Crippen molar-refractivity contribution in [3.8, 4) is 0 Å². The molecule has 0 aliphatic heterocycles. The molecule has 1 N–H and O–H groups in total. The van der Waals surface area contributed by atoms with Gasteiger partial charge in [0.1, 0.15) is 0 Å². The van der Waals surface area contributed by atoms with Crippen molar-refractivity contribution in [1.82, 2.24) is 0 Å². The molecular formula is C18H25NO. The first-order chi connectivity index (χ1) is 9.61. The molecule has 2 heteroatoms. The Morgan fingerprint density at radius 3 is 2.80 bits per heavy atom. The van der Waals surface area contributed by atoms with E-state index in [1.807, 2.05) is 12.1 Å². The third-order valence-corrected chi connectivity index (χ3v) is 5.17. The fourth-order valence-electron chi connectivity index (χ4n) is 4.05. The smallest absolute Gasteiger partial charge is 0.224 e. The maximum absolute atomic E-state index is 12.2. The van der Waals surface area contributed by atoms with Crippen molar-refractivity contribution in [3.05, 3.63) is 29.8 Å². The van der Waals surface area contributed by atoms with Crippen LogP contribution in [0, 0.1) is 17.8 Å². The average Bonchev–Trinajstić information content (AvgIpc) is 3.01. The van der Waals surface area contributed by atoms with Crippen molar-refractivity contribution in [2.45, 2.75) is 51.9 Å². The van der Waals surface area contributed by atoms with Crippen molar-refractivity contribution in [2.75, 3.05) is 5.32 Å². The molecule has 0 aromatic heterocycles. The molecule has 3 rings (SSSR count). The fraction of sp³-hybridized carbons (Fsp3) is 0.611. The van der Waals surface area contributed by atoms with Gasteiger partial charge in [-0.05, 0) is 60.6 Å². The summed E-state index contributed by atoms with van der Waals surface area (Å²) in [5, 5.41) is 3.08. The molecule has 0 unspecified atom stereocenters. The van der Waals surface area contributed by atoms with Crippen molar-refractivity contribution in [2.24, 2.45) is 17.8 Å². The summed E-state index contributed by atoms with van der Waals surface area (Å²) < 4.78 is 0. The van der Waals surface area contributed by atoms with Gasteiger partial charge in [-0.25, -0.2) is 0 Å². The predicted molar refractivity (Wildman–Crippen MR) is 82.7 cm³/mol. The number of carbonyl (C=O) groups is 1. The Bertz CT molecular complexity index is 494. The first-order valence-electron chi connectivity index (χ1n) is 8.01. The molecule has 1 aromatic carbocycles. The largest absolute Gasteiger partial charge is 0.326 e. The van der Waals surface area contributed by atoms with Crippen LogP contribution in [0.4, 0.5) is 5.69 Å². The second kappa shape index (κ2) is 5.59.